The van der Waals surface area contributed by atoms with E-state index in [4.69, 9.17) is 0 Å². The minimum atomic E-state index is -0.103. The van der Waals surface area contributed by atoms with Crippen LogP contribution in [0.3, 0.4) is 0 Å². The van der Waals surface area contributed by atoms with Crippen molar-refractivity contribution in [3.8, 4) is 0 Å². The number of hydrogen-bond donors (Lipinski definition) is 2. The minimum absolute atomic E-state index is 0.0842. The lowest BCUT2D eigenvalue weighted by Gasteiger charge is -2.20. The Bertz CT molecular complexity index is 190. The lowest BCUT2D eigenvalue weighted by molar-refractivity contribution is -0.123. The average Bonchev–Trinajstić information content (AvgIpc) is 2.12. The SMILES string of the molecule is CC(C)NC(=O)C(C)NCC(C)C(C)C. The number of carbonyl (C=O) groups is 1. The standard InChI is InChI=1S/C12H26N2O/c1-8(2)10(5)7-13-11(6)12(15)14-9(3)4/h8-11,13H,7H2,1-6H3,(H,14,15). The van der Waals surface area contributed by atoms with Crippen LogP contribution in [0.2, 0.25) is 0 Å². The Morgan fingerprint density at radius 1 is 1.07 bits per heavy atom. The fourth-order valence-corrected chi connectivity index (χ4v) is 1.10. The first kappa shape index (κ1) is 14.4. The van der Waals surface area contributed by atoms with Crippen LogP contribution >= 0.6 is 0 Å². The maximum atomic E-state index is 11.6. The fourth-order valence-electron chi connectivity index (χ4n) is 1.10. The van der Waals surface area contributed by atoms with Crippen molar-refractivity contribution in [1.82, 2.24) is 10.6 Å². The molecule has 0 aromatic heterocycles. The third-order valence-electron chi connectivity index (χ3n) is 2.71. The number of rotatable bonds is 6. The zero-order chi connectivity index (χ0) is 12.0. The molecule has 15 heavy (non-hydrogen) atoms. The Hall–Kier alpha value is -0.570. The second-order valence-electron chi connectivity index (χ2n) is 5.01. The molecule has 0 saturated heterocycles. The predicted molar refractivity (Wildman–Crippen MR) is 64.7 cm³/mol. The molecule has 0 aliphatic carbocycles. The molecule has 0 spiro atoms. The van der Waals surface area contributed by atoms with E-state index in [1.54, 1.807) is 0 Å². The maximum absolute atomic E-state index is 11.6. The third-order valence-corrected chi connectivity index (χ3v) is 2.71. The highest BCUT2D eigenvalue weighted by atomic mass is 16.2. The van der Waals surface area contributed by atoms with Gasteiger partial charge >= 0.3 is 0 Å². The number of nitrogens with one attached hydrogen (secondary N) is 2. The van der Waals surface area contributed by atoms with E-state index < -0.39 is 0 Å². The van der Waals surface area contributed by atoms with Crippen LogP contribution in [0, 0.1) is 11.8 Å². The monoisotopic (exact) mass is 214 g/mol. The van der Waals surface area contributed by atoms with Gasteiger partial charge in [0.2, 0.25) is 5.91 Å². The van der Waals surface area contributed by atoms with Gasteiger partial charge in [-0.25, -0.2) is 0 Å². The van der Waals surface area contributed by atoms with Crippen LogP contribution in [0.1, 0.15) is 41.5 Å². The highest BCUT2D eigenvalue weighted by Crippen LogP contribution is 2.07. The number of carbonyl (C=O) groups excluding carboxylic acids is 1. The molecule has 0 aliphatic heterocycles. The van der Waals surface area contributed by atoms with Crippen LogP contribution in [0.25, 0.3) is 0 Å². The van der Waals surface area contributed by atoms with Gasteiger partial charge in [0.1, 0.15) is 0 Å². The van der Waals surface area contributed by atoms with Gasteiger partial charge in [0.05, 0.1) is 6.04 Å². The molecule has 0 rings (SSSR count). The van der Waals surface area contributed by atoms with Gasteiger partial charge < -0.3 is 10.6 Å². The zero-order valence-corrected chi connectivity index (χ0v) is 10.9. The van der Waals surface area contributed by atoms with Crippen molar-refractivity contribution in [2.75, 3.05) is 6.54 Å². The van der Waals surface area contributed by atoms with Crippen molar-refractivity contribution >= 4 is 5.91 Å². The van der Waals surface area contributed by atoms with Crippen molar-refractivity contribution < 1.29 is 4.79 Å². The average molecular weight is 214 g/mol. The van der Waals surface area contributed by atoms with Crippen molar-refractivity contribution in [2.45, 2.75) is 53.6 Å². The molecule has 0 radical (unpaired) electrons. The van der Waals surface area contributed by atoms with E-state index >= 15 is 0 Å². The van der Waals surface area contributed by atoms with E-state index in [2.05, 4.69) is 31.4 Å². The minimum Gasteiger partial charge on any atom is -0.353 e. The first-order valence-corrected chi connectivity index (χ1v) is 5.88. The summed E-state index contributed by atoms with van der Waals surface area (Å²) in [6.07, 6.45) is 0. The molecule has 0 aromatic rings. The molecule has 0 bridgehead atoms. The van der Waals surface area contributed by atoms with Crippen LogP contribution in [0.5, 0.6) is 0 Å². The molecule has 1 amide bonds. The van der Waals surface area contributed by atoms with E-state index in [1.807, 2.05) is 20.8 Å². The second kappa shape index (κ2) is 6.83. The Balaban J connectivity index is 3.83. The third kappa shape index (κ3) is 6.50. The van der Waals surface area contributed by atoms with Gasteiger partial charge in [-0.15, -0.1) is 0 Å². The summed E-state index contributed by atoms with van der Waals surface area (Å²) in [6.45, 7) is 13.3. The molecule has 90 valence electrons. The summed E-state index contributed by atoms with van der Waals surface area (Å²) in [6, 6.07) is 0.109. The topological polar surface area (TPSA) is 41.1 Å². The highest BCUT2D eigenvalue weighted by molar-refractivity contribution is 5.81. The molecule has 0 aliphatic rings. The van der Waals surface area contributed by atoms with Gasteiger partial charge in [-0.05, 0) is 39.2 Å². The van der Waals surface area contributed by atoms with Gasteiger partial charge in [0.15, 0.2) is 0 Å². The van der Waals surface area contributed by atoms with Gasteiger partial charge in [0.25, 0.3) is 0 Å². The van der Waals surface area contributed by atoms with Crippen molar-refractivity contribution in [3.05, 3.63) is 0 Å². The smallest absolute Gasteiger partial charge is 0.237 e. The Morgan fingerprint density at radius 3 is 2.00 bits per heavy atom. The van der Waals surface area contributed by atoms with Gasteiger partial charge in [0, 0.05) is 6.04 Å². The van der Waals surface area contributed by atoms with Crippen LogP contribution in [0.4, 0.5) is 0 Å². The Morgan fingerprint density at radius 2 is 1.60 bits per heavy atom. The van der Waals surface area contributed by atoms with Crippen molar-refractivity contribution in [1.29, 1.82) is 0 Å². The summed E-state index contributed by atoms with van der Waals surface area (Å²) in [5.74, 6) is 1.33. The van der Waals surface area contributed by atoms with Crippen molar-refractivity contribution in [3.63, 3.8) is 0 Å². The zero-order valence-electron chi connectivity index (χ0n) is 10.9. The van der Waals surface area contributed by atoms with Crippen LogP contribution in [0.15, 0.2) is 0 Å². The summed E-state index contributed by atoms with van der Waals surface area (Å²) < 4.78 is 0. The Labute approximate surface area is 94.0 Å². The van der Waals surface area contributed by atoms with Crippen LogP contribution in [-0.4, -0.2) is 24.5 Å². The molecule has 0 aromatic carbocycles. The molecule has 2 N–H and O–H groups in total. The number of hydrogen-bond acceptors (Lipinski definition) is 2. The molecule has 3 nitrogen and oxygen atoms in total. The molecular formula is C12H26N2O. The van der Waals surface area contributed by atoms with Crippen LogP contribution < -0.4 is 10.6 Å². The van der Waals surface area contributed by atoms with E-state index in [-0.39, 0.29) is 18.0 Å². The van der Waals surface area contributed by atoms with E-state index in [0.29, 0.717) is 11.8 Å². The first-order chi connectivity index (χ1) is 6.84. The molecule has 0 fully saturated rings. The normalized spacial score (nSPS) is 15.5. The predicted octanol–water partition coefficient (Wildman–Crippen LogP) is 1.78. The lowest BCUT2D eigenvalue weighted by Crippen LogP contribution is -2.46. The lowest BCUT2D eigenvalue weighted by atomic mass is 9.98. The van der Waals surface area contributed by atoms with E-state index in [0.717, 1.165) is 6.54 Å². The molecule has 3 heteroatoms. The van der Waals surface area contributed by atoms with E-state index in [1.165, 1.54) is 0 Å². The second-order valence-corrected chi connectivity index (χ2v) is 5.01. The molecule has 2 unspecified atom stereocenters. The first-order valence-electron chi connectivity index (χ1n) is 5.88. The highest BCUT2D eigenvalue weighted by Gasteiger charge is 2.14. The quantitative estimate of drug-likeness (QED) is 0.707. The maximum Gasteiger partial charge on any atom is 0.237 e. The molecule has 2 atom stereocenters. The largest absolute Gasteiger partial charge is 0.353 e. The Kier molecular flexibility index (Phi) is 6.57. The molecule has 0 saturated carbocycles. The summed E-state index contributed by atoms with van der Waals surface area (Å²) in [4.78, 5) is 11.6. The van der Waals surface area contributed by atoms with Gasteiger partial charge in [-0.1, -0.05) is 20.8 Å². The summed E-state index contributed by atoms with van der Waals surface area (Å²) >= 11 is 0. The van der Waals surface area contributed by atoms with E-state index in [9.17, 15) is 4.79 Å². The fraction of sp³-hybridized carbons (Fsp3) is 0.917. The number of amides is 1. The summed E-state index contributed by atoms with van der Waals surface area (Å²) in [7, 11) is 0. The van der Waals surface area contributed by atoms with Gasteiger partial charge in [-0.2, -0.15) is 0 Å². The van der Waals surface area contributed by atoms with Crippen molar-refractivity contribution in [2.24, 2.45) is 11.8 Å². The van der Waals surface area contributed by atoms with Crippen LogP contribution in [-0.2, 0) is 4.79 Å². The summed E-state index contributed by atoms with van der Waals surface area (Å²) in [5.41, 5.74) is 0. The molecular weight excluding hydrogens is 188 g/mol. The summed E-state index contributed by atoms with van der Waals surface area (Å²) in [5, 5.41) is 6.15. The van der Waals surface area contributed by atoms with Gasteiger partial charge in [-0.3, -0.25) is 4.79 Å². The molecule has 0 heterocycles.